The van der Waals surface area contributed by atoms with E-state index >= 15 is 0 Å². The Labute approximate surface area is 141 Å². The number of aryl methyl sites for hydroxylation is 2. The van der Waals surface area contributed by atoms with Crippen molar-refractivity contribution in [3.8, 4) is 0 Å². The minimum atomic E-state index is -0.230. The third-order valence-electron chi connectivity index (χ3n) is 4.50. The van der Waals surface area contributed by atoms with Gasteiger partial charge in [0.25, 0.3) is 5.91 Å². The monoisotopic (exact) mass is 323 g/mol. The van der Waals surface area contributed by atoms with Crippen LogP contribution < -0.4 is 15.5 Å². The van der Waals surface area contributed by atoms with Crippen LogP contribution in [-0.2, 0) is 4.79 Å². The number of nitrogens with zero attached hydrogens (tertiary/aromatic N) is 1. The molecule has 24 heavy (non-hydrogen) atoms. The Morgan fingerprint density at radius 2 is 1.92 bits per heavy atom. The second-order valence-corrected chi connectivity index (χ2v) is 6.28. The van der Waals surface area contributed by atoms with Crippen molar-refractivity contribution in [2.45, 2.75) is 26.8 Å². The van der Waals surface area contributed by atoms with E-state index in [2.05, 4.69) is 10.6 Å². The summed E-state index contributed by atoms with van der Waals surface area (Å²) in [6.07, 6.45) is 0. The molecule has 0 saturated carbocycles. The summed E-state index contributed by atoms with van der Waals surface area (Å²) < 4.78 is 0. The Morgan fingerprint density at radius 1 is 1.17 bits per heavy atom. The van der Waals surface area contributed by atoms with Crippen LogP contribution in [0.5, 0.6) is 0 Å². The topological polar surface area (TPSA) is 61.4 Å². The molecule has 1 aliphatic rings. The third-order valence-corrected chi connectivity index (χ3v) is 4.50. The Morgan fingerprint density at radius 3 is 2.67 bits per heavy atom. The van der Waals surface area contributed by atoms with Gasteiger partial charge in [-0.1, -0.05) is 12.1 Å². The Kier molecular flexibility index (Phi) is 4.01. The highest BCUT2D eigenvalue weighted by Gasteiger charge is 2.27. The second kappa shape index (κ2) is 6.00. The molecule has 5 heteroatoms. The number of amides is 2. The van der Waals surface area contributed by atoms with Crippen LogP contribution in [0.15, 0.2) is 36.4 Å². The number of carbonyl (C=O) groups is 2. The van der Waals surface area contributed by atoms with Gasteiger partial charge in [-0.25, -0.2) is 0 Å². The van der Waals surface area contributed by atoms with Gasteiger partial charge in [0, 0.05) is 18.3 Å². The molecule has 0 fully saturated rings. The molecule has 5 nitrogen and oxygen atoms in total. The molecule has 0 aromatic heterocycles. The summed E-state index contributed by atoms with van der Waals surface area (Å²) in [4.78, 5) is 26.4. The van der Waals surface area contributed by atoms with Crippen LogP contribution in [0.2, 0.25) is 0 Å². The minimum absolute atomic E-state index is 0.0721. The van der Waals surface area contributed by atoms with Gasteiger partial charge in [-0.05, 0) is 56.2 Å². The van der Waals surface area contributed by atoms with Gasteiger partial charge >= 0.3 is 0 Å². The van der Waals surface area contributed by atoms with E-state index in [1.54, 1.807) is 12.1 Å². The molecular weight excluding hydrogens is 302 g/mol. The van der Waals surface area contributed by atoms with E-state index < -0.39 is 0 Å². The molecular formula is C19H21N3O2. The first-order chi connectivity index (χ1) is 11.4. The van der Waals surface area contributed by atoms with Gasteiger partial charge in [-0.15, -0.1) is 0 Å². The fourth-order valence-electron chi connectivity index (χ4n) is 2.77. The summed E-state index contributed by atoms with van der Waals surface area (Å²) in [5.41, 5.74) is 4.97. The summed E-state index contributed by atoms with van der Waals surface area (Å²) >= 11 is 0. The van der Waals surface area contributed by atoms with Gasteiger partial charge < -0.3 is 15.5 Å². The predicted molar refractivity (Wildman–Crippen MR) is 96.8 cm³/mol. The van der Waals surface area contributed by atoms with Gasteiger partial charge in [0.05, 0.1) is 11.4 Å². The molecule has 0 saturated heterocycles. The third kappa shape index (κ3) is 2.85. The van der Waals surface area contributed by atoms with Crippen LogP contribution in [-0.4, -0.2) is 24.9 Å². The number of fused-ring (bicyclic) bond motifs is 1. The van der Waals surface area contributed by atoms with E-state index in [1.165, 1.54) is 0 Å². The lowest BCUT2D eigenvalue weighted by Gasteiger charge is -2.33. The van der Waals surface area contributed by atoms with Crippen molar-refractivity contribution in [1.82, 2.24) is 0 Å². The van der Waals surface area contributed by atoms with Crippen molar-refractivity contribution >= 4 is 28.9 Å². The Hall–Kier alpha value is -2.82. The molecule has 3 rings (SSSR count). The first-order valence-corrected chi connectivity index (χ1v) is 7.93. The lowest BCUT2D eigenvalue weighted by molar-refractivity contribution is -0.117. The largest absolute Gasteiger partial charge is 0.361 e. The van der Waals surface area contributed by atoms with Crippen molar-refractivity contribution in [2.75, 3.05) is 22.6 Å². The lowest BCUT2D eigenvalue weighted by atomic mass is 10.1. The van der Waals surface area contributed by atoms with E-state index in [0.717, 1.165) is 22.5 Å². The van der Waals surface area contributed by atoms with Gasteiger partial charge in [-0.3, -0.25) is 9.59 Å². The molecule has 124 valence electrons. The first kappa shape index (κ1) is 16.1. The molecule has 2 N–H and O–H groups in total. The number of rotatable bonds is 2. The number of anilines is 3. The number of likely N-dealkylation sites (N-methyl/N-ethyl adjacent to an activating group) is 1. The van der Waals surface area contributed by atoms with E-state index in [1.807, 2.05) is 57.0 Å². The number of hydrogen-bond acceptors (Lipinski definition) is 3. The maximum Gasteiger partial charge on any atom is 0.255 e. The SMILES string of the molecule is Cc1ccc(C)c(NC(=O)c2ccc3c(c2)NC(=O)C(C)N3C)c1. The molecule has 2 amide bonds. The van der Waals surface area contributed by atoms with Crippen LogP contribution in [0, 0.1) is 13.8 Å². The standard InChI is InChI=1S/C19H21N3O2/c1-11-5-6-12(2)15(9-11)20-19(24)14-7-8-17-16(10-14)21-18(23)13(3)22(17)4/h5-10,13H,1-4H3,(H,20,24)(H,21,23). The van der Waals surface area contributed by atoms with Crippen molar-refractivity contribution in [3.63, 3.8) is 0 Å². The molecule has 1 heterocycles. The summed E-state index contributed by atoms with van der Waals surface area (Å²) in [6.45, 7) is 5.79. The average molecular weight is 323 g/mol. The fourth-order valence-corrected chi connectivity index (χ4v) is 2.77. The van der Waals surface area contributed by atoms with E-state index in [4.69, 9.17) is 0 Å². The van der Waals surface area contributed by atoms with Crippen molar-refractivity contribution in [1.29, 1.82) is 0 Å². The highest BCUT2D eigenvalue weighted by Crippen LogP contribution is 2.32. The van der Waals surface area contributed by atoms with Crippen LogP contribution in [0.25, 0.3) is 0 Å². The number of nitrogens with one attached hydrogen (secondary N) is 2. The molecule has 0 spiro atoms. The highest BCUT2D eigenvalue weighted by molar-refractivity contribution is 6.08. The quantitative estimate of drug-likeness (QED) is 0.891. The van der Waals surface area contributed by atoms with Crippen LogP contribution >= 0.6 is 0 Å². The summed E-state index contributed by atoms with van der Waals surface area (Å²) in [5.74, 6) is -0.265. The van der Waals surface area contributed by atoms with E-state index in [-0.39, 0.29) is 17.9 Å². The highest BCUT2D eigenvalue weighted by atomic mass is 16.2. The molecule has 0 bridgehead atoms. The van der Waals surface area contributed by atoms with Gasteiger partial charge in [-0.2, -0.15) is 0 Å². The smallest absolute Gasteiger partial charge is 0.255 e. The lowest BCUT2D eigenvalue weighted by Crippen LogP contribution is -2.43. The minimum Gasteiger partial charge on any atom is -0.361 e. The van der Waals surface area contributed by atoms with Gasteiger partial charge in [0.1, 0.15) is 6.04 Å². The molecule has 1 aliphatic heterocycles. The normalized spacial score (nSPS) is 16.4. The average Bonchev–Trinajstić information content (AvgIpc) is 2.55. The number of carbonyl (C=O) groups excluding carboxylic acids is 2. The zero-order valence-electron chi connectivity index (χ0n) is 14.3. The Bertz CT molecular complexity index is 829. The molecule has 1 atom stereocenters. The Balaban J connectivity index is 1.88. The van der Waals surface area contributed by atoms with Crippen molar-refractivity contribution in [3.05, 3.63) is 53.1 Å². The zero-order valence-corrected chi connectivity index (χ0v) is 14.3. The van der Waals surface area contributed by atoms with Crippen molar-refractivity contribution < 1.29 is 9.59 Å². The van der Waals surface area contributed by atoms with E-state index in [9.17, 15) is 9.59 Å². The molecule has 1 unspecified atom stereocenters. The number of hydrogen-bond donors (Lipinski definition) is 2. The van der Waals surface area contributed by atoms with Crippen LogP contribution in [0.3, 0.4) is 0 Å². The molecule has 0 radical (unpaired) electrons. The summed E-state index contributed by atoms with van der Waals surface area (Å²) in [7, 11) is 1.87. The summed E-state index contributed by atoms with van der Waals surface area (Å²) in [5, 5.41) is 5.80. The summed E-state index contributed by atoms with van der Waals surface area (Å²) in [6, 6.07) is 11.1. The van der Waals surface area contributed by atoms with Crippen molar-refractivity contribution in [2.24, 2.45) is 0 Å². The molecule has 2 aromatic carbocycles. The van der Waals surface area contributed by atoms with E-state index in [0.29, 0.717) is 11.3 Å². The molecule has 0 aliphatic carbocycles. The van der Waals surface area contributed by atoms with Crippen LogP contribution in [0.4, 0.5) is 17.1 Å². The van der Waals surface area contributed by atoms with Gasteiger partial charge in [0.2, 0.25) is 5.91 Å². The zero-order chi connectivity index (χ0) is 17.4. The fraction of sp³-hybridized carbons (Fsp3) is 0.263. The maximum atomic E-state index is 12.6. The number of benzene rings is 2. The molecule has 2 aromatic rings. The van der Waals surface area contributed by atoms with Crippen LogP contribution in [0.1, 0.15) is 28.4 Å². The maximum absolute atomic E-state index is 12.6. The first-order valence-electron chi connectivity index (χ1n) is 7.93. The predicted octanol–water partition coefficient (Wildman–Crippen LogP) is 3.33. The van der Waals surface area contributed by atoms with Gasteiger partial charge in [0.15, 0.2) is 0 Å². The second-order valence-electron chi connectivity index (χ2n) is 6.28.